The molecule has 0 unspecified atom stereocenters. The average Bonchev–Trinajstić information content (AvgIpc) is 2.43. The van der Waals surface area contributed by atoms with Crippen LogP contribution in [0.4, 0.5) is 0 Å². The predicted octanol–water partition coefficient (Wildman–Crippen LogP) is 4.67. The second-order valence-electron chi connectivity index (χ2n) is 5.37. The Hall–Kier alpha value is -0.830. The van der Waals surface area contributed by atoms with E-state index in [1.54, 1.807) is 0 Å². The molecule has 0 atom stereocenters. The van der Waals surface area contributed by atoms with Crippen LogP contribution in [-0.2, 0) is 4.79 Å². The Labute approximate surface area is 123 Å². The summed E-state index contributed by atoms with van der Waals surface area (Å²) in [5.41, 5.74) is 1.17. The van der Waals surface area contributed by atoms with Gasteiger partial charge in [-0.05, 0) is 57.1 Å². The molecule has 0 N–H and O–H groups in total. The van der Waals surface area contributed by atoms with Crippen molar-refractivity contribution >= 4 is 22.2 Å². The zero-order chi connectivity index (χ0) is 13.7. The van der Waals surface area contributed by atoms with Crippen LogP contribution in [0.3, 0.4) is 0 Å². The van der Waals surface area contributed by atoms with Crippen LogP contribution in [-0.4, -0.2) is 12.4 Å². The number of aldehydes is 1. The quantitative estimate of drug-likeness (QED) is 0.735. The summed E-state index contributed by atoms with van der Waals surface area (Å²) in [4.78, 5) is 10.4. The molecule has 1 aromatic rings. The van der Waals surface area contributed by atoms with Gasteiger partial charge in [0.2, 0.25) is 0 Å². The fourth-order valence-corrected chi connectivity index (χ4v) is 3.09. The van der Waals surface area contributed by atoms with Crippen molar-refractivity contribution in [3.63, 3.8) is 0 Å². The minimum atomic E-state index is 0.334. The maximum Gasteiger partial charge on any atom is 0.123 e. The molecule has 3 heteroatoms. The first-order valence-electron chi connectivity index (χ1n) is 7.06. The van der Waals surface area contributed by atoms with E-state index in [4.69, 9.17) is 4.74 Å². The number of benzene rings is 1. The highest BCUT2D eigenvalue weighted by molar-refractivity contribution is 9.10. The fraction of sp³-hybridized carbons (Fsp3) is 0.562. The normalized spacial score (nSPS) is 23.1. The van der Waals surface area contributed by atoms with Crippen LogP contribution in [0, 0.1) is 12.8 Å². The highest BCUT2D eigenvalue weighted by Crippen LogP contribution is 2.32. The van der Waals surface area contributed by atoms with Gasteiger partial charge in [-0.15, -0.1) is 0 Å². The summed E-state index contributed by atoms with van der Waals surface area (Å²) in [6.07, 6.45) is 7.71. The first-order chi connectivity index (χ1) is 9.20. The Morgan fingerprint density at radius 2 is 2.05 bits per heavy atom. The molecule has 19 heavy (non-hydrogen) atoms. The van der Waals surface area contributed by atoms with Crippen molar-refractivity contribution < 1.29 is 9.53 Å². The van der Waals surface area contributed by atoms with Crippen molar-refractivity contribution in [2.45, 2.75) is 51.6 Å². The van der Waals surface area contributed by atoms with E-state index in [1.165, 1.54) is 18.4 Å². The zero-order valence-corrected chi connectivity index (χ0v) is 13.0. The van der Waals surface area contributed by atoms with Gasteiger partial charge in [-0.3, -0.25) is 0 Å². The molecule has 0 saturated heterocycles. The molecular formula is C16H21BrO2. The molecule has 0 aliphatic heterocycles. The van der Waals surface area contributed by atoms with Gasteiger partial charge in [0, 0.05) is 16.5 Å². The van der Waals surface area contributed by atoms with Gasteiger partial charge in [0.05, 0.1) is 6.10 Å². The molecule has 104 valence electrons. The van der Waals surface area contributed by atoms with Gasteiger partial charge in [0.1, 0.15) is 12.0 Å². The summed E-state index contributed by atoms with van der Waals surface area (Å²) in [5, 5.41) is 0. The van der Waals surface area contributed by atoms with E-state index in [9.17, 15) is 4.79 Å². The number of hydrogen-bond acceptors (Lipinski definition) is 2. The summed E-state index contributed by atoms with van der Waals surface area (Å²) in [5.74, 6) is 1.71. The monoisotopic (exact) mass is 324 g/mol. The van der Waals surface area contributed by atoms with Crippen LogP contribution in [0.1, 0.15) is 44.1 Å². The van der Waals surface area contributed by atoms with Gasteiger partial charge < -0.3 is 9.53 Å². The third-order valence-corrected chi connectivity index (χ3v) is 4.86. The van der Waals surface area contributed by atoms with E-state index in [-0.39, 0.29) is 0 Å². The number of carbonyl (C=O) groups excluding carboxylic acids is 1. The summed E-state index contributed by atoms with van der Waals surface area (Å²) in [6, 6.07) is 6.10. The fourth-order valence-electron chi connectivity index (χ4n) is 2.74. The lowest BCUT2D eigenvalue weighted by Crippen LogP contribution is -2.24. The van der Waals surface area contributed by atoms with Gasteiger partial charge in [0.15, 0.2) is 0 Å². The Bertz CT molecular complexity index is 423. The molecule has 1 aliphatic rings. The van der Waals surface area contributed by atoms with Crippen molar-refractivity contribution in [3.8, 4) is 5.75 Å². The second-order valence-corrected chi connectivity index (χ2v) is 6.22. The van der Waals surface area contributed by atoms with Gasteiger partial charge in [-0.2, -0.15) is 0 Å². The standard InChI is InChI=1S/C16H21BrO2/c1-12-15(17)5-2-6-16(12)19-14-9-7-13(8-10-14)4-3-11-18/h2,5-6,11,13-14H,3-4,7-10H2,1H3. The zero-order valence-electron chi connectivity index (χ0n) is 11.4. The lowest BCUT2D eigenvalue weighted by atomic mass is 9.84. The number of hydrogen-bond donors (Lipinski definition) is 0. The molecule has 0 radical (unpaired) electrons. The highest BCUT2D eigenvalue weighted by atomic mass is 79.9. The molecule has 1 aromatic carbocycles. The highest BCUT2D eigenvalue weighted by Gasteiger charge is 2.22. The van der Waals surface area contributed by atoms with Crippen molar-refractivity contribution in [2.75, 3.05) is 0 Å². The Kier molecular flexibility index (Phi) is 5.44. The van der Waals surface area contributed by atoms with Gasteiger partial charge in [-0.25, -0.2) is 0 Å². The van der Waals surface area contributed by atoms with E-state index in [1.807, 2.05) is 18.2 Å². The first kappa shape index (κ1) is 14.6. The van der Waals surface area contributed by atoms with E-state index in [0.717, 1.165) is 35.8 Å². The van der Waals surface area contributed by atoms with E-state index < -0.39 is 0 Å². The molecule has 0 aromatic heterocycles. The number of halogens is 1. The lowest BCUT2D eigenvalue weighted by molar-refractivity contribution is -0.108. The number of rotatable bonds is 5. The van der Waals surface area contributed by atoms with Crippen LogP contribution in [0.2, 0.25) is 0 Å². The topological polar surface area (TPSA) is 26.3 Å². The molecule has 2 rings (SSSR count). The van der Waals surface area contributed by atoms with Crippen molar-refractivity contribution in [3.05, 3.63) is 28.2 Å². The largest absolute Gasteiger partial charge is 0.490 e. The van der Waals surface area contributed by atoms with Gasteiger partial charge in [0.25, 0.3) is 0 Å². The summed E-state index contributed by atoms with van der Waals surface area (Å²) in [7, 11) is 0. The molecule has 0 heterocycles. The minimum absolute atomic E-state index is 0.334. The molecule has 0 bridgehead atoms. The van der Waals surface area contributed by atoms with Gasteiger partial charge in [-0.1, -0.05) is 22.0 Å². The van der Waals surface area contributed by atoms with Crippen molar-refractivity contribution in [2.24, 2.45) is 5.92 Å². The number of carbonyl (C=O) groups is 1. The van der Waals surface area contributed by atoms with E-state index in [0.29, 0.717) is 18.4 Å². The molecule has 0 amide bonds. The van der Waals surface area contributed by atoms with E-state index >= 15 is 0 Å². The smallest absolute Gasteiger partial charge is 0.123 e. The van der Waals surface area contributed by atoms with Crippen LogP contribution >= 0.6 is 15.9 Å². The molecular weight excluding hydrogens is 304 g/mol. The van der Waals surface area contributed by atoms with Crippen LogP contribution in [0.15, 0.2) is 22.7 Å². The summed E-state index contributed by atoms with van der Waals surface area (Å²) in [6.45, 7) is 2.08. The third kappa shape index (κ3) is 4.07. The van der Waals surface area contributed by atoms with Crippen molar-refractivity contribution in [1.29, 1.82) is 0 Å². The van der Waals surface area contributed by atoms with E-state index in [2.05, 4.69) is 22.9 Å². The number of ether oxygens (including phenoxy) is 1. The second kappa shape index (κ2) is 7.09. The Morgan fingerprint density at radius 3 is 2.74 bits per heavy atom. The summed E-state index contributed by atoms with van der Waals surface area (Å²) >= 11 is 3.54. The summed E-state index contributed by atoms with van der Waals surface area (Å²) < 4.78 is 7.22. The average molecular weight is 325 g/mol. The Morgan fingerprint density at radius 1 is 1.32 bits per heavy atom. The first-order valence-corrected chi connectivity index (χ1v) is 7.85. The van der Waals surface area contributed by atoms with Crippen LogP contribution < -0.4 is 4.74 Å². The minimum Gasteiger partial charge on any atom is -0.490 e. The molecule has 1 aliphatic carbocycles. The van der Waals surface area contributed by atoms with Crippen LogP contribution in [0.25, 0.3) is 0 Å². The molecule has 0 spiro atoms. The van der Waals surface area contributed by atoms with Crippen molar-refractivity contribution in [1.82, 2.24) is 0 Å². The SMILES string of the molecule is Cc1c(Br)cccc1OC1CCC(CCC=O)CC1. The maximum absolute atomic E-state index is 10.4. The Balaban J connectivity index is 1.85. The molecule has 2 nitrogen and oxygen atoms in total. The van der Waals surface area contributed by atoms with Gasteiger partial charge >= 0.3 is 0 Å². The predicted molar refractivity (Wildman–Crippen MR) is 80.6 cm³/mol. The molecule has 1 fully saturated rings. The lowest BCUT2D eigenvalue weighted by Gasteiger charge is -2.29. The van der Waals surface area contributed by atoms with Crippen LogP contribution in [0.5, 0.6) is 5.75 Å². The third-order valence-electron chi connectivity index (χ3n) is 4.00. The maximum atomic E-state index is 10.4. The molecule has 1 saturated carbocycles.